The fourth-order valence-corrected chi connectivity index (χ4v) is 2.70. The fourth-order valence-electron chi connectivity index (χ4n) is 2.57. The van der Waals surface area contributed by atoms with Gasteiger partial charge in [-0.25, -0.2) is 4.98 Å². The second-order valence-corrected chi connectivity index (χ2v) is 5.86. The first-order valence-corrected chi connectivity index (χ1v) is 7.87. The summed E-state index contributed by atoms with van der Waals surface area (Å²) in [5.41, 5.74) is 3.65. The van der Waals surface area contributed by atoms with E-state index in [2.05, 4.69) is 20.5 Å². The van der Waals surface area contributed by atoms with E-state index in [0.717, 1.165) is 28.2 Å². The molecular formula is C18H14ClN5. The van der Waals surface area contributed by atoms with Crippen LogP contribution in [0.4, 0.5) is 11.5 Å². The van der Waals surface area contributed by atoms with Gasteiger partial charge in [-0.1, -0.05) is 23.7 Å². The second-order valence-electron chi connectivity index (χ2n) is 5.42. The summed E-state index contributed by atoms with van der Waals surface area (Å²) in [6.45, 7) is 0. The molecule has 0 atom stereocenters. The lowest BCUT2D eigenvalue weighted by Gasteiger charge is -2.06. The Hall–Kier alpha value is -2.92. The van der Waals surface area contributed by atoms with Gasteiger partial charge in [0.2, 0.25) is 0 Å². The van der Waals surface area contributed by atoms with Crippen LogP contribution in [0.2, 0.25) is 5.02 Å². The number of aromatic nitrogens is 4. The summed E-state index contributed by atoms with van der Waals surface area (Å²) in [4.78, 5) is 4.63. The molecule has 0 saturated heterocycles. The lowest BCUT2D eigenvalue weighted by atomic mass is 10.3. The number of imidazole rings is 1. The zero-order valence-corrected chi connectivity index (χ0v) is 13.7. The first kappa shape index (κ1) is 14.7. The Balaban J connectivity index is 1.63. The highest BCUT2D eigenvalue weighted by atomic mass is 35.5. The van der Waals surface area contributed by atoms with Crippen molar-refractivity contribution in [2.24, 2.45) is 7.05 Å². The molecule has 0 aliphatic rings. The first-order valence-electron chi connectivity index (χ1n) is 7.49. The Morgan fingerprint density at radius 1 is 0.917 bits per heavy atom. The zero-order chi connectivity index (χ0) is 16.5. The molecule has 0 radical (unpaired) electrons. The van der Waals surface area contributed by atoms with Gasteiger partial charge in [0.15, 0.2) is 11.6 Å². The van der Waals surface area contributed by atoms with Crippen molar-refractivity contribution in [2.45, 2.75) is 0 Å². The number of fused-ring (bicyclic) bond motifs is 1. The molecule has 2 heterocycles. The summed E-state index contributed by atoms with van der Waals surface area (Å²) in [5.74, 6) is 1.46. The number of hydrogen-bond donors (Lipinski definition) is 1. The molecule has 0 saturated carbocycles. The van der Waals surface area contributed by atoms with Crippen molar-refractivity contribution in [3.8, 4) is 11.5 Å². The fraction of sp³-hybridized carbons (Fsp3) is 0.0556. The van der Waals surface area contributed by atoms with Crippen molar-refractivity contribution in [3.05, 3.63) is 65.7 Å². The summed E-state index contributed by atoms with van der Waals surface area (Å²) in [6.07, 6.45) is 0. The number of halogens is 1. The molecule has 1 N–H and O–H groups in total. The average Bonchev–Trinajstić information content (AvgIpc) is 2.95. The molecule has 0 aliphatic heterocycles. The van der Waals surface area contributed by atoms with E-state index in [9.17, 15) is 0 Å². The van der Waals surface area contributed by atoms with Crippen molar-refractivity contribution in [3.63, 3.8) is 0 Å². The van der Waals surface area contributed by atoms with Gasteiger partial charge in [-0.15, -0.1) is 10.2 Å². The lowest BCUT2D eigenvalue weighted by molar-refractivity contribution is 0.931. The maximum Gasteiger partial charge on any atom is 0.161 e. The highest BCUT2D eigenvalue weighted by molar-refractivity contribution is 6.30. The van der Waals surface area contributed by atoms with Crippen molar-refractivity contribution in [2.75, 3.05) is 5.32 Å². The summed E-state index contributed by atoms with van der Waals surface area (Å²) in [7, 11) is 1.98. The second kappa shape index (κ2) is 5.94. The molecule has 24 heavy (non-hydrogen) atoms. The molecule has 0 spiro atoms. The summed E-state index contributed by atoms with van der Waals surface area (Å²) in [5, 5.41) is 12.4. The molecule has 2 aromatic carbocycles. The molecule has 0 aliphatic carbocycles. The maximum atomic E-state index is 5.89. The minimum absolute atomic E-state index is 0.667. The van der Waals surface area contributed by atoms with Crippen LogP contribution >= 0.6 is 11.6 Å². The van der Waals surface area contributed by atoms with E-state index < -0.39 is 0 Å². The molecule has 6 heteroatoms. The number of anilines is 2. The summed E-state index contributed by atoms with van der Waals surface area (Å²) < 4.78 is 2.02. The minimum Gasteiger partial charge on any atom is -0.339 e. The van der Waals surface area contributed by atoms with Crippen molar-refractivity contribution < 1.29 is 0 Å². The quantitative estimate of drug-likeness (QED) is 0.602. The molecule has 0 fully saturated rings. The van der Waals surface area contributed by atoms with E-state index in [-0.39, 0.29) is 0 Å². The minimum atomic E-state index is 0.667. The van der Waals surface area contributed by atoms with Gasteiger partial charge in [0.1, 0.15) is 5.69 Å². The van der Waals surface area contributed by atoms with E-state index in [1.54, 1.807) is 0 Å². The number of aryl methyl sites for hydroxylation is 1. The first-order chi connectivity index (χ1) is 11.7. The molecule has 2 aromatic heterocycles. The number of nitrogens with zero attached hydrogens (tertiary/aromatic N) is 4. The molecule has 5 nitrogen and oxygen atoms in total. The number of hydrogen-bond acceptors (Lipinski definition) is 4. The number of para-hydroxylation sites is 2. The molecule has 0 amide bonds. The smallest absolute Gasteiger partial charge is 0.161 e. The van der Waals surface area contributed by atoms with Gasteiger partial charge in [0.25, 0.3) is 0 Å². The molecule has 4 aromatic rings. The monoisotopic (exact) mass is 335 g/mol. The number of benzene rings is 2. The van der Waals surface area contributed by atoms with Gasteiger partial charge in [0.05, 0.1) is 11.0 Å². The van der Waals surface area contributed by atoms with Crippen molar-refractivity contribution >= 4 is 34.1 Å². The summed E-state index contributed by atoms with van der Waals surface area (Å²) >= 11 is 5.89. The number of nitrogens with one attached hydrogen (secondary N) is 1. The highest BCUT2D eigenvalue weighted by Crippen LogP contribution is 2.23. The van der Waals surface area contributed by atoms with E-state index in [0.29, 0.717) is 10.8 Å². The lowest BCUT2D eigenvalue weighted by Crippen LogP contribution is -1.99. The SMILES string of the molecule is Cn1c(-c2ccc(Nc3ccc(Cl)cc3)nn2)nc2ccccc21. The van der Waals surface area contributed by atoms with Gasteiger partial charge in [-0.05, 0) is 48.5 Å². The van der Waals surface area contributed by atoms with Gasteiger partial charge in [0, 0.05) is 17.8 Å². The third-order valence-corrected chi connectivity index (χ3v) is 4.05. The average molecular weight is 336 g/mol. The topological polar surface area (TPSA) is 55.6 Å². The van der Waals surface area contributed by atoms with E-state index >= 15 is 0 Å². The molecule has 0 unspecified atom stereocenters. The Labute approximate surface area is 143 Å². The van der Waals surface area contributed by atoms with Crippen LogP contribution in [-0.4, -0.2) is 19.7 Å². The predicted molar refractivity (Wildman–Crippen MR) is 96.5 cm³/mol. The van der Waals surface area contributed by atoms with Crippen LogP contribution in [0.25, 0.3) is 22.6 Å². The Kier molecular flexibility index (Phi) is 3.63. The van der Waals surface area contributed by atoms with E-state index in [4.69, 9.17) is 11.6 Å². The van der Waals surface area contributed by atoms with Crippen molar-refractivity contribution in [1.29, 1.82) is 0 Å². The standard InChI is InChI=1S/C18H14ClN5/c1-24-16-5-3-2-4-14(16)21-18(24)15-10-11-17(23-22-15)20-13-8-6-12(19)7-9-13/h2-11H,1H3,(H,20,23). The molecule has 4 rings (SSSR count). The van der Waals surface area contributed by atoms with Gasteiger partial charge >= 0.3 is 0 Å². The van der Waals surface area contributed by atoms with Gasteiger partial charge < -0.3 is 9.88 Å². The largest absolute Gasteiger partial charge is 0.339 e. The van der Waals surface area contributed by atoms with Crippen LogP contribution in [0.3, 0.4) is 0 Å². The molecular weight excluding hydrogens is 322 g/mol. The van der Waals surface area contributed by atoms with Crippen LogP contribution in [-0.2, 0) is 7.05 Å². The van der Waals surface area contributed by atoms with Gasteiger partial charge in [-0.2, -0.15) is 0 Å². The normalized spacial score (nSPS) is 10.9. The maximum absolute atomic E-state index is 5.89. The third kappa shape index (κ3) is 2.70. The van der Waals surface area contributed by atoms with Crippen molar-refractivity contribution in [1.82, 2.24) is 19.7 Å². The van der Waals surface area contributed by atoms with E-state index in [1.807, 2.05) is 72.3 Å². The van der Waals surface area contributed by atoms with Crippen LogP contribution < -0.4 is 5.32 Å². The zero-order valence-electron chi connectivity index (χ0n) is 12.9. The molecule has 118 valence electrons. The van der Waals surface area contributed by atoms with Crippen LogP contribution in [0, 0.1) is 0 Å². The van der Waals surface area contributed by atoms with Gasteiger partial charge in [-0.3, -0.25) is 0 Å². The Morgan fingerprint density at radius 3 is 2.42 bits per heavy atom. The van der Waals surface area contributed by atoms with Crippen LogP contribution in [0.1, 0.15) is 0 Å². The Bertz CT molecular complexity index is 990. The summed E-state index contributed by atoms with van der Waals surface area (Å²) in [6, 6.07) is 19.2. The Morgan fingerprint density at radius 2 is 1.71 bits per heavy atom. The predicted octanol–water partition coefficient (Wildman–Crippen LogP) is 4.43. The molecule has 0 bridgehead atoms. The van der Waals surface area contributed by atoms with Crippen LogP contribution in [0.5, 0.6) is 0 Å². The number of rotatable bonds is 3. The third-order valence-electron chi connectivity index (χ3n) is 3.80. The van der Waals surface area contributed by atoms with Crippen LogP contribution in [0.15, 0.2) is 60.7 Å². The van der Waals surface area contributed by atoms with E-state index in [1.165, 1.54) is 0 Å². The highest BCUT2D eigenvalue weighted by Gasteiger charge is 2.11.